The highest BCUT2D eigenvalue weighted by Crippen LogP contribution is 2.41. The smallest absolute Gasteiger partial charge is 0.230 e. The van der Waals surface area contributed by atoms with Crippen molar-refractivity contribution in [1.82, 2.24) is 10.1 Å². The second-order valence-corrected chi connectivity index (χ2v) is 6.73. The minimum Gasteiger partial charge on any atom is -0.339 e. The summed E-state index contributed by atoms with van der Waals surface area (Å²) in [7, 11) is 0. The molecule has 0 amide bonds. The molecular formula is C10H17N3OS2. The van der Waals surface area contributed by atoms with Gasteiger partial charge in [0, 0.05) is 29.2 Å². The molecule has 0 radical (unpaired) electrons. The van der Waals surface area contributed by atoms with Gasteiger partial charge >= 0.3 is 0 Å². The van der Waals surface area contributed by atoms with Gasteiger partial charge in [-0.2, -0.15) is 16.7 Å². The molecule has 3 unspecified atom stereocenters. The summed E-state index contributed by atoms with van der Waals surface area (Å²) in [4.78, 5) is 4.46. The number of hydrogen-bond donors (Lipinski definition) is 1. The van der Waals surface area contributed by atoms with E-state index in [-0.39, 0.29) is 5.92 Å². The van der Waals surface area contributed by atoms with Crippen molar-refractivity contribution in [3.8, 4) is 0 Å². The van der Waals surface area contributed by atoms with E-state index in [0.29, 0.717) is 22.9 Å². The van der Waals surface area contributed by atoms with Crippen LogP contribution in [0.1, 0.15) is 36.7 Å². The zero-order valence-corrected chi connectivity index (χ0v) is 11.2. The summed E-state index contributed by atoms with van der Waals surface area (Å²) in [5, 5.41) is 5.00. The summed E-state index contributed by atoms with van der Waals surface area (Å²) in [6, 6.07) is 0. The first-order chi connectivity index (χ1) is 7.72. The summed E-state index contributed by atoms with van der Waals surface area (Å²) in [5.74, 6) is 4.03. The third kappa shape index (κ3) is 2.55. The molecule has 0 spiro atoms. The van der Waals surface area contributed by atoms with Crippen molar-refractivity contribution < 1.29 is 4.52 Å². The van der Waals surface area contributed by atoms with Crippen molar-refractivity contribution in [3.05, 3.63) is 11.7 Å². The molecule has 1 aliphatic rings. The molecule has 2 N–H and O–H groups in total. The maximum atomic E-state index is 5.58. The second-order valence-electron chi connectivity index (χ2n) is 3.99. The van der Waals surface area contributed by atoms with Crippen molar-refractivity contribution in [1.29, 1.82) is 0 Å². The summed E-state index contributed by atoms with van der Waals surface area (Å²) in [6.45, 7) is 4.77. The van der Waals surface area contributed by atoms with E-state index >= 15 is 0 Å². The maximum Gasteiger partial charge on any atom is 0.230 e. The van der Waals surface area contributed by atoms with Crippen molar-refractivity contribution >= 4 is 23.5 Å². The lowest BCUT2D eigenvalue weighted by Crippen LogP contribution is -2.17. The summed E-state index contributed by atoms with van der Waals surface area (Å²) in [6.07, 6.45) is 0. The largest absolute Gasteiger partial charge is 0.339 e. The zero-order chi connectivity index (χ0) is 11.5. The average molecular weight is 259 g/mol. The van der Waals surface area contributed by atoms with Gasteiger partial charge in [0.25, 0.3) is 0 Å². The van der Waals surface area contributed by atoms with Crippen LogP contribution in [0.25, 0.3) is 0 Å². The van der Waals surface area contributed by atoms with E-state index in [0.717, 1.165) is 11.6 Å². The van der Waals surface area contributed by atoms with E-state index in [2.05, 4.69) is 17.1 Å². The molecule has 0 aliphatic carbocycles. The van der Waals surface area contributed by atoms with E-state index in [1.165, 1.54) is 5.75 Å². The van der Waals surface area contributed by atoms with Gasteiger partial charge < -0.3 is 10.3 Å². The summed E-state index contributed by atoms with van der Waals surface area (Å²) in [5.41, 5.74) is 5.58. The van der Waals surface area contributed by atoms with Gasteiger partial charge in [-0.3, -0.25) is 0 Å². The third-order valence-corrected chi connectivity index (χ3v) is 5.76. The molecule has 1 fully saturated rings. The monoisotopic (exact) mass is 259 g/mol. The highest BCUT2D eigenvalue weighted by Gasteiger charge is 2.28. The van der Waals surface area contributed by atoms with E-state index in [1.54, 1.807) is 0 Å². The predicted molar refractivity (Wildman–Crippen MR) is 68.9 cm³/mol. The van der Waals surface area contributed by atoms with Crippen LogP contribution in [0.4, 0.5) is 0 Å². The Balaban J connectivity index is 2.11. The molecule has 0 aromatic carbocycles. The third-order valence-electron chi connectivity index (χ3n) is 2.67. The molecule has 90 valence electrons. The predicted octanol–water partition coefficient (Wildman–Crippen LogP) is 2.04. The Kier molecular flexibility index (Phi) is 4.16. The standard InChI is InChI=1S/C10H17N3OS2/c1-6(5-11)10-12-9(13-14-10)8-7(2)15-3-4-16-8/h6-8H,3-5,11H2,1-2H3. The van der Waals surface area contributed by atoms with Crippen LogP contribution in [0.15, 0.2) is 4.52 Å². The number of hydrogen-bond acceptors (Lipinski definition) is 6. The lowest BCUT2D eigenvalue weighted by Gasteiger charge is -2.24. The van der Waals surface area contributed by atoms with Crippen molar-refractivity contribution in [3.63, 3.8) is 0 Å². The van der Waals surface area contributed by atoms with Crippen LogP contribution in [0.3, 0.4) is 0 Å². The fraction of sp³-hybridized carbons (Fsp3) is 0.800. The Labute approximate surface area is 104 Å². The molecule has 1 aromatic heterocycles. The lowest BCUT2D eigenvalue weighted by molar-refractivity contribution is 0.356. The Hall–Kier alpha value is -0.200. The number of rotatable bonds is 3. The Morgan fingerprint density at radius 1 is 1.50 bits per heavy atom. The molecule has 4 nitrogen and oxygen atoms in total. The Bertz CT molecular complexity index is 345. The average Bonchev–Trinajstić information content (AvgIpc) is 2.78. The number of thioether (sulfide) groups is 2. The summed E-state index contributed by atoms with van der Waals surface area (Å²) >= 11 is 3.90. The number of nitrogens with two attached hydrogens (primary N) is 1. The Morgan fingerprint density at radius 3 is 2.94 bits per heavy atom. The molecule has 0 saturated carbocycles. The molecule has 2 rings (SSSR count). The first kappa shape index (κ1) is 12.3. The van der Waals surface area contributed by atoms with E-state index < -0.39 is 0 Å². The molecule has 3 atom stereocenters. The van der Waals surface area contributed by atoms with Gasteiger partial charge in [-0.05, 0) is 0 Å². The van der Waals surface area contributed by atoms with Crippen LogP contribution in [-0.2, 0) is 0 Å². The molecule has 1 aromatic rings. The quantitative estimate of drug-likeness (QED) is 0.896. The maximum absolute atomic E-state index is 5.58. The van der Waals surface area contributed by atoms with Gasteiger partial charge in [0.15, 0.2) is 5.82 Å². The van der Waals surface area contributed by atoms with Crippen LogP contribution in [0.2, 0.25) is 0 Å². The summed E-state index contributed by atoms with van der Waals surface area (Å²) < 4.78 is 5.26. The topological polar surface area (TPSA) is 64.9 Å². The van der Waals surface area contributed by atoms with E-state index in [9.17, 15) is 0 Å². The van der Waals surface area contributed by atoms with Crippen LogP contribution >= 0.6 is 23.5 Å². The van der Waals surface area contributed by atoms with Crippen LogP contribution in [0, 0.1) is 0 Å². The van der Waals surface area contributed by atoms with Gasteiger partial charge in [-0.15, -0.1) is 11.8 Å². The molecule has 1 aliphatic heterocycles. The van der Waals surface area contributed by atoms with Crippen LogP contribution in [0.5, 0.6) is 0 Å². The van der Waals surface area contributed by atoms with Crippen molar-refractivity contribution in [2.24, 2.45) is 5.73 Å². The van der Waals surface area contributed by atoms with Gasteiger partial charge in [0.05, 0.1) is 5.25 Å². The van der Waals surface area contributed by atoms with Crippen molar-refractivity contribution in [2.75, 3.05) is 18.1 Å². The first-order valence-corrected chi connectivity index (χ1v) is 7.59. The zero-order valence-electron chi connectivity index (χ0n) is 9.55. The van der Waals surface area contributed by atoms with Gasteiger partial charge in [0.1, 0.15) is 0 Å². The van der Waals surface area contributed by atoms with Crippen LogP contribution in [-0.4, -0.2) is 33.4 Å². The fourth-order valence-corrected chi connectivity index (χ4v) is 4.26. The minimum atomic E-state index is 0.151. The SMILES string of the molecule is CC(CN)c1nc(C2SCCSC2C)no1. The fourth-order valence-electron chi connectivity index (χ4n) is 1.58. The van der Waals surface area contributed by atoms with Crippen molar-refractivity contribution in [2.45, 2.75) is 30.3 Å². The Morgan fingerprint density at radius 2 is 2.25 bits per heavy atom. The normalized spacial score (nSPS) is 27.9. The molecule has 0 bridgehead atoms. The molecular weight excluding hydrogens is 242 g/mol. The molecule has 16 heavy (non-hydrogen) atoms. The first-order valence-electron chi connectivity index (χ1n) is 5.49. The highest BCUT2D eigenvalue weighted by molar-refractivity contribution is 8.06. The lowest BCUT2D eigenvalue weighted by atomic mass is 10.2. The van der Waals surface area contributed by atoms with E-state index in [4.69, 9.17) is 10.3 Å². The van der Waals surface area contributed by atoms with Gasteiger partial charge in [-0.25, -0.2) is 0 Å². The highest BCUT2D eigenvalue weighted by atomic mass is 32.2. The number of aromatic nitrogens is 2. The van der Waals surface area contributed by atoms with Gasteiger partial charge in [-0.1, -0.05) is 19.0 Å². The second kappa shape index (κ2) is 5.42. The molecule has 2 heterocycles. The minimum absolute atomic E-state index is 0.151. The molecule has 6 heteroatoms. The van der Waals surface area contributed by atoms with Gasteiger partial charge in [0.2, 0.25) is 5.89 Å². The number of nitrogens with zero attached hydrogens (tertiary/aromatic N) is 2. The molecule has 1 saturated heterocycles. The van der Waals surface area contributed by atoms with Crippen LogP contribution < -0.4 is 5.73 Å². The van der Waals surface area contributed by atoms with E-state index in [1.807, 2.05) is 30.4 Å².